The summed E-state index contributed by atoms with van der Waals surface area (Å²) in [5.41, 5.74) is 6.23. The molecule has 2 aromatic heterocycles. The lowest BCUT2D eigenvalue weighted by Gasteiger charge is -2.23. The fourth-order valence-corrected chi connectivity index (χ4v) is 6.24. The van der Waals surface area contributed by atoms with Crippen LogP contribution in [0.15, 0.2) is 54.2 Å². The monoisotopic (exact) mass is 546 g/mol. The zero-order chi connectivity index (χ0) is 20.2. The molecule has 0 saturated heterocycles. The molecule has 4 nitrogen and oxygen atoms in total. The van der Waals surface area contributed by atoms with Gasteiger partial charge in [-0.1, -0.05) is 53.9 Å². The van der Waals surface area contributed by atoms with Crippen LogP contribution in [0.4, 0.5) is 5.69 Å². The molecule has 2 aromatic carbocycles. The van der Waals surface area contributed by atoms with Crippen LogP contribution in [0.1, 0.15) is 31.3 Å². The second kappa shape index (κ2) is 8.01. The van der Waals surface area contributed by atoms with Crippen molar-refractivity contribution in [2.45, 2.75) is 32.7 Å². The molecule has 0 N–H and O–H groups in total. The minimum atomic E-state index is -0.00495. The lowest BCUT2D eigenvalue weighted by atomic mass is 9.84. The fourth-order valence-electron chi connectivity index (χ4n) is 4.38. The number of hydrogen-bond donors (Lipinski definition) is 0. The van der Waals surface area contributed by atoms with Gasteiger partial charge in [-0.25, -0.2) is 0 Å². The molecule has 0 unspecified atom stereocenters. The van der Waals surface area contributed by atoms with Gasteiger partial charge in [-0.05, 0) is 42.2 Å². The van der Waals surface area contributed by atoms with Crippen molar-refractivity contribution in [3.05, 3.63) is 64.8 Å². The maximum Gasteiger partial charge on any atom is 0.262 e. The second-order valence-electron chi connectivity index (χ2n) is 7.83. The van der Waals surface area contributed by atoms with Crippen molar-refractivity contribution in [3.63, 3.8) is 0 Å². The average Bonchev–Trinajstić information content (AvgIpc) is 3.38. The largest absolute Gasteiger partial charge is 1.00 e. The first-order chi connectivity index (χ1) is 14.0. The highest BCUT2D eigenvalue weighted by atomic mass is 127. The van der Waals surface area contributed by atoms with Crippen LogP contribution >= 0.6 is 22.9 Å². The Morgan fingerprint density at radius 1 is 1.17 bits per heavy atom. The van der Waals surface area contributed by atoms with Crippen LogP contribution in [0, 0.1) is 0 Å². The number of fused-ring (bicyclic) bond motifs is 4. The maximum absolute atomic E-state index is 4.35. The Balaban J connectivity index is 0.00000218. The van der Waals surface area contributed by atoms with Crippen molar-refractivity contribution in [2.75, 3.05) is 11.9 Å². The van der Waals surface area contributed by atoms with E-state index in [2.05, 4.69) is 101 Å². The minimum Gasteiger partial charge on any atom is -1.00 e. The Bertz CT molecular complexity index is 1300. The van der Waals surface area contributed by atoms with Crippen molar-refractivity contribution in [2.24, 2.45) is 0 Å². The van der Waals surface area contributed by atoms with Gasteiger partial charge in [0.25, 0.3) is 5.01 Å². The van der Waals surface area contributed by atoms with E-state index in [0.29, 0.717) is 0 Å². The van der Waals surface area contributed by atoms with E-state index < -0.39 is 0 Å². The van der Waals surface area contributed by atoms with E-state index in [1.165, 1.54) is 43.7 Å². The van der Waals surface area contributed by atoms with Gasteiger partial charge in [0, 0.05) is 36.0 Å². The van der Waals surface area contributed by atoms with Gasteiger partial charge in [-0.15, -0.1) is 5.10 Å². The maximum atomic E-state index is 4.35. The minimum absolute atomic E-state index is 0. The first kappa shape index (κ1) is 21.4. The molecule has 0 fully saturated rings. The van der Waals surface area contributed by atoms with Gasteiger partial charge in [-0.2, -0.15) is 4.57 Å². The van der Waals surface area contributed by atoms with Gasteiger partial charge in [0.05, 0.1) is 4.70 Å². The van der Waals surface area contributed by atoms with Crippen LogP contribution < -0.4 is 33.4 Å². The summed E-state index contributed by atoms with van der Waals surface area (Å²) < 4.78 is 8.85. The van der Waals surface area contributed by atoms with Crippen LogP contribution in [-0.4, -0.2) is 16.6 Å². The van der Waals surface area contributed by atoms with Gasteiger partial charge < -0.3 is 28.9 Å². The van der Waals surface area contributed by atoms with E-state index in [-0.39, 0.29) is 29.4 Å². The molecule has 0 amide bonds. The van der Waals surface area contributed by atoms with E-state index in [1.807, 2.05) is 0 Å². The molecule has 0 spiro atoms. The molecule has 0 saturated carbocycles. The van der Waals surface area contributed by atoms with Crippen molar-refractivity contribution >= 4 is 55.1 Å². The summed E-state index contributed by atoms with van der Waals surface area (Å²) in [6.07, 6.45) is 6.66. The van der Waals surface area contributed by atoms with Gasteiger partial charge in [0.2, 0.25) is 5.52 Å². The molecule has 0 aliphatic carbocycles. The summed E-state index contributed by atoms with van der Waals surface area (Å²) in [6, 6.07) is 13.0. The predicted molar refractivity (Wildman–Crippen MR) is 124 cm³/mol. The summed E-state index contributed by atoms with van der Waals surface area (Å²) in [5.74, 6) is 0. The number of thiazole rings is 1. The molecular weight excluding hydrogens is 523 g/mol. The smallest absolute Gasteiger partial charge is 0.262 e. The zero-order valence-electron chi connectivity index (χ0n) is 17.4. The Kier molecular flexibility index (Phi) is 5.71. The van der Waals surface area contributed by atoms with Crippen LogP contribution in [0.2, 0.25) is 0 Å². The molecule has 1 aliphatic heterocycles. The molecule has 154 valence electrons. The molecule has 3 heterocycles. The van der Waals surface area contributed by atoms with E-state index >= 15 is 0 Å². The quantitative estimate of drug-likeness (QED) is 0.293. The Morgan fingerprint density at radius 2 is 1.97 bits per heavy atom. The predicted octanol–water partition coefficient (Wildman–Crippen LogP) is 2.54. The lowest BCUT2D eigenvalue weighted by Crippen LogP contribution is -3.00. The molecule has 4 aromatic rings. The molecule has 5 rings (SSSR count). The van der Waals surface area contributed by atoms with E-state index in [4.69, 9.17) is 0 Å². The number of likely N-dealkylation sites (N-methyl/N-ethyl adjacent to an activating group) is 1. The molecule has 0 atom stereocenters. The van der Waals surface area contributed by atoms with Crippen molar-refractivity contribution in [1.29, 1.82) is 0 Å². The van der Waals surface area contributed by atoms with E-state index in [0.717, 1.165) is 16.8 Å². The number of halogens is 1. The number of rotatable bonds is 3. The van der Waals surface area contributed by atoms with E-state index in [1.54, 1.807) is 11.3 Å². The third-order valence-corrected chi connectivity index (χ3v) is 7.73. The Hall–Kier alpha value is -1.84. The highest BCUT2D eigenvalue weighted by Gasteiger charge is 2.37. The first-order valence-electron chi connectivity index (χ1n) is 9.82. The van der Waals surface area contributed by atoms with Gasteiger partial charge in [0.1, 0.15) is 16.8 Å². The van der Waals surface area contributed by atoms with E-state index in [9.17, 15) is 0 Å². The summed E-state index contributed by atoms with van der Waals surface area (Å²) in [5, 5.41) is 5.59. The second-order valence-corrected chi connectivity index (χ2v) is 9.65. The first-order valence-corrected chi connectivity index (χ1v) is 11.4. The third-order valence-electron chi connectivity index (χ3n) is 5.87. The highest BCUT2D eigenvalue weighted by molar-refractivity contribution is 7.21. The Morgan fingerprint density at radius 3 is 2.73 bits per heavy atom. The summed E-state index contributed by atoms with van der Waals surface area (Å²) in [4.78, 5) is 2.31. The van der Waals surface area contributed by atoms with Crippen LogP contribution in [-0.2, 0) is 12.0 Å². The Labute approximate surface area is 201 Å². The van der Waals surface area contributed by atoms with Crippen molar-refractivity contribution in [3.8, 4) is 0 Å². The van der Waals surface area contributed by atoms with Gasteiger partial charge in [0.15, 0.2) is 0 Å². The number of aryl methyl sites for hydroxylation is 1. The summed E-state index contributed by atoms with van der Waals surface area (Å²) in [7, 11) is 2.16. The number of allylic oxidation sites excluding steroid dienone is 3. The number of anilines is 1. The molecule has 30 heavy (non-hydrogen) atoms. The lowest BCUT2D eigenvalue weighted by molar-refractivity contribution is -0.665. The molecule has 0 bridgehead atoms. The van der Waals surface area contributed by atoms with Gasteiger partial charge in [-0.3, -0.25) is 0 Å². The van der Waals surface area contributed by atoms with Crippen LogP contribution in [0.25, 0.3) is 26.5 Å². The SMILES string of the molecule is CC[n+]1c(/C=C\C=C2\N(C)c3ccccc3C2(C)C)sc2c3nnsc3ccc21.[I-]. The number of para-hydroxylation sites is 1. The normalized spacial score (nSPS) is 16.7. The molecule has 1 aliphatic rings. The summed E-state index contributed by atoms with van der Waals surface area (Å²) in [6.45, 7) is 7.71. The third kappa shape index (κ3) is 3.18. The standard InChI is InChI=1S/C23H23N4S2.HI/c1-5-27-17-13-14-18-21(24-25-29-18)22(17)28-20(27)12-8-11-19-23(2,3)15-9-6-7-10-16(15)26(19)4;/h6-14H,5H2,1-4H3;1H/q+1;/p-1. The topological polar surface area (TPSA) is 32.9 Å². The van der Waals surface area contributed by atoms with Gasteiger partial charge >= 0.3 is 0 Å². The number of nitrogens with zero attached hydrogens (tertiary/aromatic N) is 4. The molecule has 0 radical (unpaired) electrons. The number of hydrogen-bond acceptors (Lipinski definition) is 5. The summed E-state index contributed by atoms with van der Waals surface area (Å²) >= 11 is 3.25. The van der Waals surface area contributed by atoms with Crippen molar-refractivity contribution in [1.82, 2.24) is 9.59 Å². The fraction of sp³-hybridized carbons (Fsp3) is 0.261. The van der Waals surface area contributed by atoms with Crippen LogP contribution in [0.5, 0.6) is 0 Å². The number of aromatic nitrogens is 3. The molecule has 7 heteroatoms. The molecular formula is C23H23IN4S2. The average molecular weight is 547 g/mol. The van der Waals surface area contributed by atoms with Crippen molar-refractivity contribution < 1.29 is 28.5 Å². The van der Waals surface area contributed by atoms with Crippen LogP contribution in [0.3, 0.4) is 0 Å². The zero-order valence-corrected chi connectivity index (χ0v) is 21.2. The number of benzene rings is 2. The highest BCUT2D eigenvalue weighted by Crippen LogP contribution is 2.46.